The maximum atomic E-state index is 8.16. The molecule has 0 radical (unpaired) electrons. The Morgan fingerprint density at radius 2 is 1.72 bits per heavy atom. The van der Waals surface area contributed by atoms with Crippen molar-refractivity contribution in [3.8, 4) is 34.1 Å². The molecule has 126 valence electrons. The molecule has 0 fully saturated rings. The van der Waals surface area contributed by atoms with Gasteiger partial charge in [-0.2, -0.15) is 0 Å². The fourth-order valence-corrected chi connectivity index (χ4v) is 3.38. The zero-order chi connectivity index (χ0) is 17.4. The van der Waals surface area contributed by atoms with E-state index in [4.69, 9.17) is 14.9 Å². The van der Waals surface area contributed by atoms with Crippen molar-refractivity contribution in [2.75, 3.05) is 14.2 Å². The lowest BCUT2D eigenvalue weighted by Crippen LogP contribution is -2.21. The predicted octanol–water partition coefficient (Wildman–Crippen LogP) is 3.27. The molecule has 1 aliphatic rings. The summed E-state index contributed by atoms with van der Waals surface area (Å²) < 4.78 is 13.1. The molecule has 5 heteroatoms. The van der Waals surface area contributed by atoms with Crippen LogP contribution in [0.15, 0.2) is 48.5 Å². The molecule has 1 aromatic heterocycles. The lowest BCUT2D eigenvalue weighted by Gasteiger charge is -2.26. The Morgan fingerprint density at radius 1 is 1.00 bits per heavy atom. The molecule has 2 heterocycles. The van der Waals surface area contributed by atoms with E-state index >= 15 is 0 Å². The summed E-state index contributed by atoms with van der Waals surface area (Å²) in [5, 5.41) is 8.16. The van der Waals surface area contributed by atoms with Crippen LogP contribution in [0.2, 0.25) is 0 Å². The second-order valence-electron chi connectivity index (χ2n) is 5.98. The fraction of sp³-hybridized carbons (Fsp3) is 0.200. The van der Waals surface area contributed by atoms with Crippen molar-refractivity contribution in [1.82, 2.24) is 9.55 Å². The summed E-state index contributed by atoms with van der Waals surface area (Å²) >= 11 is 0. The van der Waals surface area contributed by atoms with Gasteiger partial charge >= 0.3 is 0 Å². The van der Waals surface area contributed by atoms with Gasteiger partial charge in [0.1, 0.15) is 11.3 Å². The van der Waals surface area contributed by atoms with E-state index in [1.807, 2.05) is 48.5 Å². The number of methoxy groups -OCH3 is 2. The molecule has 3 aromatic rings. The van der Waals surface area contributed by atoms with Crippen molar-refractivity contribution in [1.29, 1.82) is 5.41 Å². The molecule has 0 saturated carbocycles. The lowest BCUT2D eigenvalue weighted by molar-refractivity contribution is 0.354. The number of aromatic nitrogens is 2. The summed E-state index contributed by atoms with van der Waals surface area (Å²) in [5.74, 6) is 2.25. The van der Waals surface area contributed by atoms with Gasteiger partial charge in [0, 0.05) is 23.7 Å². The Bertz CT molecular complexity index is 994. The van der Waals surface area contributed by atoms with Gasteiger partial charge in [-0.25, -0.2) is 4.98 Å². The normalized spacial score (nSPS) is 12.2. The minimum atomic E-state index is 0.257. The van der Waals surface area contributed by atoms with Crippen LogP contribution in [0.25, 0.3) is 22.6 Å². The highest BCUT2D eigenvalue weighted by Crippen LogP contribution is 2.39. The molecule has 0 amide bonds. The molecular weight excluding hydrogens is 314 g/mol. The number of hydrogen-bond acceptors (Lipinski definition) is 4. The number of ether oxygens (including phenoxy) is 2. The van der Waals surface area contributed by atoms with Crippen LogP contribution in [0.3, 0.4) is 0 Å². The first-order chi connectivity index (χ1) is 12.2. The van der Waals surface area contributed by atoms with Crippen LogP contribution in [0, 0.1) is 5.41 Å². The summed E-state index contributed by atoms with van der Waals surface area (Å²) in [6.45, 7) is 0.815. The molecular formula is C20H19N3O2. The maximum Gasteiger partial charge on any atom is 0.161 e. The van der Waals surface area contributed by atoms with Crippen LogP contribution in [0.5, 0.6) is 11.5 Å². The van der Waals surface area contributed by atoms with Gasteiger partial charge < -0.3 is 14.0 Å². The van der Waals surface area contributed by atoms with Crippen molar-refractivity contribution in [2.45, 2.75) is 13.0 Å². The van der Waals surface area contributed by atoms with Gasteiger partial charge in [-0.15, -0.1) is 0 Å². The van der Waals surface area contributed by atoms with E-state index in [9.17, 15) is 0 Å². The fourth-order valence-electron chi connectivity index (χ4n) is 3.38. The van der Waals surface area contributed by atoms with Crippen LogP contribution in [-0.2, 0) is 13.0 Å². The largest absolute Gasteiger partial charge is 0.493 e. The van der Waals surface area contributed by atoms with Crippen LogP contribution in [0.4, 0.5) is 0 Å². The van der Waals surface area contributed by atoms with Crippen LogP contribution in [-0.4, -0.2) is 23.8 Å². The number of benzene rings is 2. The number of aryl methyl sites for hydroxylation is 1. The minimum Gasteiger partial charge on any atom is -0.493 e. The Kier molecular flexibility index (Phi) is 3.76. The summed E-state index contributed by atoms with van der Waals surface area (Å²) in [7, 11) is 3.29. The molecule has 4 rings (SSSR count). The molecule has 5 nitrogen and oxygen atoms in total. The average Bonchev–Trinajstić information content (AvgIpc) is 2.66. The average molecular weight is 333 g/mol. The van der Waals surface area contributed by atoms with Gasteiger partial charge in [-0.05, 0) is 24.1 Å². The number of rotatable bonds is 3. The Balaban J connectivity index is 1.97. The Labute approximate surface area is 146 Å². The van der Waals surface area contributed by atoms with E-state index in [2.05, 4.69) is 9.55 Å². The minimum absolute atomic E-state index is 0.257. The molecule has 0 aliphatic carbocycles. The molecule has 25 heavy (non-hydrogen) atoms. The Morgan fingerprint density at radius 3 is 2.44 bits per heavy atom. The summed E-state index contributed by atoms with van der Waals surface area (Å²) in [6, 6.07) is 15.9. The molecule has 0 unspecified atom stereocenters. The topological polar surface area (TPSA) is 60.1 Å². The summed E-state index contributed by atoms with van der Waals surface area (Å²) in [6.07, 6.45) is 0.881. The number of nitrogens with one attached hydrogen (secondary N) is 1. The van der Waals surface area contributed by atoms with Crippen molar-refractivity contribution in [3.05, 3.63) is 59.6 Å². The molecule has 0 saturated heterocycles. The third kappa shape index (κ3) is 2.58. The standard InChI is InChI=1S/C20H19N3O2/c1-24-17-10-14-8-9-23-16(15(14)11-18(17)25-2)12-19(21)22-20(23)13-6-4-3-5-7-13/h3-7,10-12,21H,8-9H2,1-2H3. The SMILES string of the molecule is COc1cc2c(cc1OC)-c1cc(=N)nc(-c3ccccc3)n1CC2. The van der Waals surface area contributed by atoms with Crippen molar-refractivity contribution >= 4 is 0 Å². The van der Waals surface area contributed by atoms with E-state index in [0.717, 1.165) is 41.4 Å². The third-order valence-corrected chi connectivity index (χ3v) is 4.57. The van der Waals surface area contributed by atoms with Gasteiger partial charge in [0.2, 0.25) is 0 Å². The van der Waals surface area contributed by atoms with Crippen LogP contribution in [0.1, 0.15) is 5.56 Å². The van der Waals surface area contributed by atoms with Gasteiger partial charge in [-0.3, -0.25) is 5.41 Å². The number of hydrogen-bond donors (Lipinski definition) is 1. The first-order valence-corrected chi connectivity index (χ1v) is 8.18. The maximum absolute atomic E-state index is 8.16. The van der Waals surface area contributed by atoms with Gasteiger partial charge in [0.05, 0.1) is 19.9 Å². The second kappa shape index (κ2) is 6.09. The zero-order valence-electron chi connectivity index (χ0n) is 14.2. The van der Waals surface area contributed by atoms with Gasteiger partial charge in [0.25, 0.3) is 0 Å². The van der Waals surface area contributed by atoms with E-state index in [-0.39, 0.29) is 5.49 Å². The monoisotopic (exact) mass is 333 g/mol. The zero-order valence-corrected chi connectivity index (χ0v) is 14.2. The second-order valence-corrected chi connectivity index (χ2v) is 5.98. The number of fused-ring (bicyclic) bond motifs is 3. The highest BCUT2D eigenvalue weighted by Gasteiger charge is 2.21. The molecule has 1 N–H and O–H groups in total. The molecule has 0 spiro atoms. The van der Waals surface area contributed by atoms with E-state index in [1.165, 1.54) is 5.56 Å². The van der Waals surface area contributed by atoms with Crippen molar-refractivity contribution in [3.63, 3.8) is 0 Å². The highest BCUT2D eigenvalue weighted by atomic mass is 16.5. The first kappa shape index (κ1) is 15.4. The van der Waals surface area contributed by atoms with Crippen molar-refractivity contribution < 1.29 is 9.47 Å². The molecule has 1 aliphatic heterocycles. The van der Waals surface area contributed by atoms with Gasteiger partial charge in [-0.1, -0.05) is 30.3 Å². The lowest BCUT2D eigenvalue weighted by atomic mass is 9.96. The highest BCUT2D eigenvalue weighted by molar-refractivity contribution is 5.72. The summed E-state index contributed by atoms with van der Waals surface area (Å²) in [4.78, 5) is 4.48. The van der Waals surface area contributed by atoms with E-state index in [0.29, 0.717) is 5.75 Å². The van der Waals surface area contributed by atoms with E-state index in [1.54, 1.807) is 14.2 Å². The Hall–Kier alpha value is -3.08. The summed E-state index contributed by atoms with van der Waals surface area (Å²) in [5.41, 5.74) is 4.52. The molecule has 0 bridgehead atoms. The van der Waals surface area contributed by atoms with Gasteiger partial charge in [0.15, 0.2) is 11.5 Å². The van der Waals surface area contributed by atoms with Crippen molar-refractivity contribution in [2.24, 2.45) is 0 Å². The predicted molar refractivity (Wildman–Crippen MR) is 95.8 cm³/mol. The first-order valence-electron chi connectivity index (χ1n) is 8.18. The number of nitrogens with zero attached hydrogens (tertiary/aromatic N) is 2. The molecule has 2 aromatic carbocycles. The quantitative estimate of drug-likeness (QED) is 0.800. The van der Waals surface area contributed by atoms with E-state index < -0.39 is 0 Å². The van der Waals surface area contributed by atoms with Crippen LogP contribution >= 0.6 is 0 Å². The smallest absolute Gasteiger partial charge is 0.161 e. The molecule has 0 atom stereocenters. The van der Waals surface area contributed by atoms with Crippen LogP contribution < -0.4 is 15.0 Å². The third-order valence-electron chi connectivity index (χ3n) is 4.57.